The van der Waals surface area contributed by atoms with Crippen molar-refractivity contribution in [1.29, 1.82) is 0 Å². The van der Waals surface area contributed by atoms with Crippen LogP contribution in [0.15, 0.2) is 0 Å². The van der Waals surface area contributed by atoms with Crippen molar-refractivity contribution in [1.82, 2.24) is 4.90 Å². The van der Waals surface area contributed by atoms with Gasteiger partial charge in [-0.05, 0) is 25.2 Å². The first-order valence-corrected chi connectivity index (χ1v) is 7.17. The van der Waals surface area contributed by atoms with Crippen molar-refractivity contribution in [2.75, 3.05) is 26.2 Å². The Morgan fingerprint density at radius 3 is 2.76 bits per heavy atom. The predicted molar refractivity (Wildman–Crippen MR) is 71.0 cm³/mol. The molecule has 0 amide bonds. The van der Waals surface area contributed by atoms with Crippen molar-refractivity contribution < 1.29 is 4.74 Å². The lowest BCUT2D eigenvalue weighted by atomic mass is 9.67. The Labute approximate surface area is 106 Å². The molecule has 1 saturated heterocycles. The fourth-order valence-electron chi connectivity index (χ4n) is 3.82. The summed E-state index contributed by atoms with van der Waals surface area (Å²) in [4.78, 5) is 2.63. The second-order valence-corrected chi connectivity index (χ2v) is 6.09. The lowest BCUT2D eigenvalue weighted by Crippen LogP contribution is -2.64. The van der Waals surface area contributed by atoms with Gasteiger partial charge in [0.25, 0.3) is 0 Å². The molecule has 2 rings (SSSR count). The van der Waals surface area contributed by atoms with Crippen molar-refractivity contribution in [3.8, 4) is 0 Å². The third-order valence-corrected chi connectivity index (χ3v) is 5.19. The Kier molecular flexibility index (Phi) is 4.11. The molecule has 0 bridgehead atoms. The summed E-state index contributed by atoms with van der Waals surface area (Å²) in [6, 6.07) is 0. The highest BCUT2D eigenvalue weighted by Gasteiger charge is 2.45. The number of hydrogen-bond donors (Lipinski definition) is 1. The Balaban J connectivity index is 2.16. The van der Waals surface area contributed by atoms with Crippen LogP contribution in [0.25, 0.3) is 0 Å². The van der Waals surface area contributed by atoms with E-state index in [1.165, 1.54) is 19.3 Å². The average Bonchev–Trinajstić information content (AvgIpc) is 2.33. The van der Waals surface area contributed by atoms with Crippen LogP contribution < -0.4 is 5.73 Å². The van der Waals surface area contributed by atoms with Gasteiger partial charge in [0.05, 0.1) is 12.7 Å². The molecule has 1 aliphatic carbocycles. The van der Waals surface area contributed by atoms with Crippen molar-refractivity contribution >= 4 is 0 Å². The van der Waals surface area contributed by atoms with Gasteiger partial charge in [0, 0.05) is 25.2 Å². The minimum absolute atomic E-state index is 0.232. The van der Waals surface area contributed by atoms with Gasteiger partial charge in [0.1, 0.15) is 0 Å². The van der Waals surface area contributed by atoms with E-state index in [1.54, 1.807) is 0 Å². The Morgan fingerprint density at radius 2 is 2.12 bits per heavy atom. The molecule has 1 aliphatic heterocycles. The number of nitrogens with two attached hydrogens (primary N) is 1. The van der Waals surface area contributed by atoms with E-state index in [1.807, 2.05) is 0 Å². The number of ether oxygens (including phenoxy) is 1. The maximum atomic E-state index is 6.18. The van der Waals surface area contributed by atoms with E-state index in [0.29, 0.717) is 12.0 Å². The molecule has 4 unspecified atom stereocenters. The van der Waals surface area contributed by atoms with Crippen LogP contribution in [-0.2, 0) is 4.74 Å². The minimum atomic E-state index is 0.232. The fraction of sp³-hybridized carbons (Fsp3) is 1.00. The quantitative estimate of drug-likeness (QED) is 0.800. The lowest BCUT2D eigenvalue weighted by Gasteiger charge is -2.54. The van der Waals surface area contributed by atoms with E-state index >= 15 is 0 Å². The zero-order chi connectivity index (χ0) is 12.5. The van der Waals surface area contributed by atoms with Crippen molar-refractivity contribution in [3.05, 3.63) is 0 Å². The summed E-state index contributed by atoms with van der Waals surface area (Å²) in [6.45, 7) is 10.7. The fourth-order valence-corrected chi connectivity index (χ4v) is 3.82. The van der Waals surface area contributed by atoms with Crippen molar-refractivity contribution in [2.24, 2.45) is 17.6 Å². The summed E-state index contributed by atoms with van der Waals surface area (Å²) in [6.07, 6.45) is 4.32. The molecule has 2 N–H and O–H groups in total. The van der Waals surface area contributed by atoms with Crippen molar-refractivity contribution in [2.45, 2.75) is 51.7 Å². The standard InChI is InChI=1S/C14H28N2O/c1-11-5-4-6-14(10-15,13(11)3)16-7-8-17-12(2)9-16/h11-13H,4-10,15H2,1-3H3. The summed E-state index contributed by atoms with van der Waals surface area (Å²) in [7, 11) is 0. The van der Waals surface area contributed by atoms with Gasteiger partial charge < -0.3 is 10.5 Å². The second kappa shape index (κ2) is 5.25. The first kappa shape index (κ1) is 13.3. The normalized spacial score (nSPS) is 44.8. The molecule has 1 heterocycles. The number of morpholine rings is 1. The molecule has 2 aliphatic rings. The van der Waals surface area contributed by atoms with Crippen LogP contribution in [0.4, 0.5) is 0 Å². The third-order valence-electron chi connectivity index (χ3n) is 5.19. The molecule has 3 heteroatoms. The van der Waals surface area contributed by atoms with Gasteiger partial charge in [-0.2, -0.15) is 0 Å². The van der Waals surface area contributed by atoms with Crippen LogP contribution in [0, 0.1) is 11.8 Å². The van der Waals surface area contributed by atoms with Gasteiger partial charge >= 0.3 is 0 Å². The van der Waals surface area contributed by atoms with E-state index in [0.717, 1.165) is 32.2 Å². The molecule has 4 atom stereocenters. The Bertz CT molecular complexity index is 259. The monoisotopic (exact) mass is 240 g/mol. The van der Waals surface area contributed by atoms with Crippen LogP contribution >= 0.6 is 0 Å². The molecule has 1 saturated carbocycles. The highest BCUT2D eigenvalue weighted by Crippen LogP contribution is 2.41. The zero-order valence-electron chi connectivity index (χ0n) is 11.6. The molecule has 0 spiro atoms. The van der Waals surface area contributed by atoms with Crippen LogP contribution in [-0.4, -0.2) is 42.8 Å². The molecule has 0 aromatic carbocycles. The highest BCUT2D eigenvalue weighted by molar-refractivity contribution is 5.01. The largest absolute Gasteiger partial charge is 0.376 e. The molecule has 0 aromatic heterocycles. The second-order valence-electron chi connectivity index (χ2n) is 6.09. The first-order valence-electron chi connectivity index (χ1n) is 7.17. The smallest absolute Gasteiger partial charge is 0.0674 e. The maximum absolute atomic E-state index is 6.18. The molecular weight excluding hydrogens is 212 g/mol. The molecule has 17 heavy (non-hydrogen) atoms. The molecule has 100 valence electrons. The van der Waals surface area contributed by atoms with Gasteiger partial charge in [-0.15, -0.1) is 0 Å². The van der Waals surface area contributed by atoms with Gasteiger partial charge in [0.15, 0.2) is 0 Å². The average molecular weight is 240 g/mol. The topological polar surface area (TPSA) is 38.5 Å². The first-order chi connectivity index (χ1) is 8.10. The van der Waals surface area contributed by atoms with Crippen LogP contribution in [0.2, 0.25) is 0 Å². The molecule has 3 nitrogen and oxygen atoms in total. The molecular formula is C14H28N2O. The van der Waals surface area contributed by atoms with E-state index in [2.05, 4.69) is 25.7 Å². The number of nitrogens with zero attached hydrogens (tertiary/aromatic N) is 1. The van der Waals surface area contributed by atoms with Gasteiger partial charge in [0.2, 0.25) is 0 Å². The molecule has 0 radical (unpaired) electrons. The summed E-state index contributed by atoms with van der Waals surface area (Å²) >= 11 is 0. The van der Waals surface area contributed by atoms with E-state index in [9.17, 15) is 0 Å². The zero-order valence-corrected chi connectivity index (χ0v) is 11.6. The van der Waals surface area contributed by atoms with Crippen LogP contribution in [0.3, 0.4) is 0 Å². The Morgan fingerprint density at radius 1 is 1.35 bits per heavy atom. The lowest BCUT2D eigenvalue weighted by molar-refractivity contribution is -0.0945. The van der Waals surface area contributed by atoms with Gasteiger partial charge in [-0.3, -0.25) is 4.90 Å². The number of rotatable bonds is 2. The van der Waals surface area contributed by atoms with E-state index < -0.39 is 0 Å². The van der Waals surface area contributed by atoms with Crippen LogP contribution in [0.1, 0.15) is 40.0 Å². The predicted octanol–water partition coefficient (Wildman–Crippen LogP) is 1.86. The maximum Gasteiger partial charge on any atom is 0.0674 e. The molecule has 2 fully saturated rings. The van der Waals surface area contributed by atoms with Gasteiger partial charge in [-0.1, -0.05) is 26.7 Å². The van der Waals surface area contributed by atoms with E-state index in [-0.39, 0.29) is 5.54 Å². The Hall–Kier alpha value is -0.120. The van der Waals surface area contributed by atoms with Crippen LogP contribution in [0.5, 0.6) is 0 Å². The SMILES string of the molecule is CC1CN(C2(CN)CCCC(C)C2C)CCO1. The summed E-state index contributed by atoms with van der Waals surface area (Å²) in [5.41, 5.74) is 6.42. The highest BCUT2D eigenvalue weighted by atomic mass is 16.5. The third kappa shape index (κ3) is 2.38. The van der Waals surface area contributed by atoms with Gasteiger partial charge in [-0.25, -0.2) is 0 Å². The minimum Gasteiger partial charge on any atom is -0.376 e. The number of hydrogen-bond acceptors (Lipinski definition) is 3. The van der Waals surface area contributed by atoms with E-state index in [4.69, 9.17) is 10.5 Å². The summed E-state index contributed by atoms with van der Waals surface area (Å²) < 4.78 is 5.67. The molecule has 0 aromatic rings. The summed E-state index contributed by atoms with van der Waals surface area (Å²) in [5, 5.41) is 0. The van der Waals surface area contributed by atoms with Crippen molar-refractivity contribution in [3.63, 3.8) is 0 Å². The summed E-state index contributed by atoms with van der Waals surface area (Å²) in [5.74, 6) is 1.50.